The fourth-order valence-electron chi connectivity index (χ4n) is 4.46. The Labute approximate surface area is 203 Å². The molecular weight excluding hydrogens is 418 g/mol. The Morgan fingerprint density at radius 2 is 1.76 bits per heavy atom. The van der Waals surface area contributed by atoms with Gasteiger partial charge in [-0.15, -0.1) is 0 Å². The van der Waals surface area contributed by atoms with Crippen molar-refractivity contribution in [1.29, 1.82) is 0 Å². The van der Waals surface area contributed by atoms with Gasteiger partial charge >= 0.3 is 0 Å². The molecule has 34 heavy (non-hydrogen) atoms. The number of benzene rings is 2. The number of aromatic nitrogens is 3. The third-order valence-corrected chi connectivity index (χ3v) is 6.67. The van der Waals surface area contributed by atoms with E-state index < -0.39 is 0 Å². The van der Waals surface area contributed by atoms with Gasteiger partial charge in [0, 0.05) is 31.2 Å². The van der Waals surface area contributed by atoms with Crippen molar-refractivity contribution >= 4 is 22.7 Å². The zero-order valence-electron chi connectivity index (χ0n) is 20.5. The summed E-state index contributed by atoms with van der Waals surface area (Å²) < 4.78 is 2.02. The molecule has 176 valence electrons. The number of likely N-dealkylation sites (tertiary alicyclic amines) is 1. The van der Waals surface area contributed by atoms with Crippen molar-refractivity contribution < 1.29 is 0 Å². The van der Waals surface area contributed by atoms with E-state index in [2.05, 4.69) is 82.3 Å². The van der Waals surface area contributed by atoms with Gasteiger partial charge in [0.2, 0.25) is 0 Å². The Balaban J connectivity index is 0.000000162. The number of rotatable bonds is 5. The molecule has 5 rings (SSSR count). The molecule has 1 N–H and O–H groups in total. The molecule has 0 unspecified atom stereocenters. The molecule has 0 amide bonds. The van der Waals surface area contributed by atoms with Crippen LogP contribution in [0.2, 0.25) is 0 Å². The summed E-state index contributed by atoms with van der Waals surface area (Å²) in [4.78, 5) is 10.9. The van der Waals surface area contributed by atoms with Crippen LogP contribution in [0.25, 0.3) is 28.1 Å². The highest BCUT2D eigenvalue weighted by Gasteiger charge is 2.16. The molecule has 0 bridgehead atoms. The topological polar surface area (TPSA) is 46.0 Å². The zero-order chi connectivity index (χ0) is 23.9. The first-order valence-electron chi connectivity index (χ1n) is 12.0. The van der Waals surface area contributed by atoms with E-state index in [4.69, 9.17) is 0 Å². The van der Waals surface area contributed by atoms with Gasteiger partial charge in [0.25, 0.3) is 0 Å². The van der Waals surface area contributed by atoms with Gasteiger partial charge in [-0.3, -0.25) is 0 Å². The monoisotopic (exact) mass is 453 g/mol. The van der Waals surface area contributed by atoms with Crippen molar-refractivity contribution in [2.75, 3.05) is 32.5 Å². The van der Waals surface area contributed by atoms with Crippen molar-refractivity contribution in [3.8, 4) is 11.3 Å². The number of aryl methyl sites for hydroxylation is 1. The normalized spacial score (nSPS) is 14.4. The molecule has 4 aromatic rings. The molecule has 1 aliphatic heterocycles. The molecule has 2 aromatic heterocycles. The van der Waals surface area contributed by atoms with Gasteiger partial charge in [0.05, 0.1) is 18.2 Å². The smallest absolute Gasteiger partial charge is 0.126 e. The lowest BCUT2D eigenvalue weighted by molar-refractivity contribution is 0.219. The highest BCUT2D eigenvalue weighted by atomic mass is 15.1. The average Bonchev–Trinajstić information content (AvgIpc) is 3.31. The molecule has 0 radical (unpaired) electrons. The van der Waals surface area contributed by atoms with Crippen molar-refractivity contribution in [3.63, 3.8) is 0 Å². The summed E-state index contributed by atoms with van der Waals surface area (Å²) in [5.41, 5.74) is 4.96. The zero-order valence-corrected chi connectivity index (χ0v) is 20.5. The van der Waals surface area contributed by atoms with E-state index in [0.29, 0.717) is 0 Å². The maximum absolute atomic E-state index is 4.31. The first-order chi connectivity index (χ1) is 16.6. The molecule has 1 saturated heterocycles. The van der Waals surface area contributed by atoms with Gasteiger partial charge in [0.1, 0.15) is 5.82 Å². The SMILES string of the molecule is C=Cc1ccc(CC2CCN(C)CC2)cc1.CNc1cc2cc(-c3cncn3C)ccc2cn1. The maximum Gasteiger partial charge on any atom is 0.126 e. The lowest BCUT2D eigenvalue weighted by Gasteiger charge is -2.28. The first kappa shape index (κ1) is 23.7. The van der Waals surface area contributed by atoms with E-state index >= 15 is 0 Å². The van der Waals surface area contributed by atoms with Crippen LogP contribution in [0.5, 0.6) is 0 Å². The summed E-state index contributed by atoms with van der Waals surface area (Å²) in [5.74, 6) is 1.76. The van der Waals surface area contributed by atoms with Gasteiger partial charge < -0.3 is 14.8 Å². The number of nitrogens with one attached hydrogen (secondary N) is 1. The molecule has 1 fully saturated rings. The van der Waals surface area contributed by atoms with Crippen LogP contribution in [-0.4, -0.2) is 46.6 Å². The van der Waals surface area contributed by atoms with Gasteiger partial charge in [-0.1, -0.05) is 49.1 Å². The quantitative estimate of drug-likeness (QED) is 0.409. The molecule has 5 nitrogen and oxygen atoms in total. The van der Waals surface area contributed by atoms with Gasteiger partial charge in [0.15, 0.2) is 0 Å². The van der Waals surface area contributed by atoms with E-state index in [1.807, 2.05) is 43.5 Å². The minimum absolute atomic E-state index is 0.879. The lowest BCUT2D eigenvalue weighted by Crippen LogP contribution is -2.30. The molecule has 0 aliphatic carbocycles. The predicted molar refractivity (Wildman–Crippen MR) is 144 cm³/mol. The van der Waals surface area contributed by atoms with Crippen LogP contribution in [0, 0.1) is 5.92 Å². The molecule has 1 aliphatic rings. The second-order valence-electron chi connectivity index (χ2n) is 9.17. The molecule has 5 heteroatoms. The molecule has 3 heterocycles. The minimum Gasteiger partial charge on any atom is -0.373 e. The van der Waals surface area contributed by atoms with Crippen molar-refractivity contribution in [2.24, 2.45) is 13.0 Å². The fraction of sp³-hybridized carbons (Fsp3) is 0.310. The van der Waals surface area contributed by atoms with Crippen molar-refractivity contribution in [2.45, 2.75) is 19.3 Å². The first-order valence-corrected chi connectivity index (χ1v) is 12.0. The Morgan fingerprint density at radius 3 is 2.41 bits per heavy atom. The Kier molecular flexibility index (Phi) is 7.76. The maximum atomic E-state index is 4.31. The number of hydrogen-bond acceptors (Lipinski definition) is 4. The standard InChI is InChI=1S/C15H21N.C14H14N4/c1-3-13-4-6-14(7-5-13)12-15-8-10-16(2)11-9-15;1-15-14-6-12-5-10(3-4-11(12)7-17-14)13-8-16-9-18(13)2/h3-7,15H,1,8-12H2,2H3;3-9H,1-2H3,(H,15,17). The highest BCUT2D eigenvalue weighted by molar-refractivity contribution is 5.87. The third kappa shape index (κ3) is 5.91. The molecular formula is C29H35N5. The number of nitrogens with zero attached hydrogens (tertiary/aromatic N) is 4. The summed E-state index contributed by atoms with van der Waals surface area (Å²) in [5, 5.41) is 5.37. The van der Waals surface area contributed by atoms with Gasteiger partial charge in [-0.05, 0) is 74.0 Å². The van der Waals surface area contributed by atoms with E-state index in [-0.39, 0.29) is 0 Å². The average molecular weight is 454 g/mol. The number of piperidine rings is 1. The predicted octanol–water partition coefficient (Wildman–Crippen LogP) is 5.89. The largest absolute Gasteiger partial charge is 0.373 e. The second kappa shape index (κ2) is 11.1. The Bertz CT molecular complexity index is 1220. The summed E-state index contributed by atoms with van der Waals surface area (Å²) in [6, 6.07) is 17.2. The van der Waals surface area contributed by atoms with Crippen molar-refractivity contribution in [1.82, 2.24) is 19.4 Å². The van der Waals surface area contributed by atoms with Gasteiger partial charge in [-0.25, -0.2) is 9.97 Å². The number of fused-ring (bicyclic) bond motifs is 1. The van der Waals surface area contributed by atoms with Crippen LogP contribution in [0.15, 0.2) is 73.8 Å². The lowest BCUT2D eigenvalue weighted by atomic mass is 9.90. The summed E-state index contributed by atoms with van der Waals surface area (Å²) >= 11 is 0. The Hall–Kier alpha value is -3.44. The second-order valence-corrected chi connectivity index (χ2v) is 9.17. The number of pyridine rings is 1. The van der Waals surface area contributed by atoms with Crippen LogP contribution in [-0.2, 0) is 13.5 Å². The number of imidazole rings is 1. The van der Waals surface area contributed by atoms with E-state index in [1.54, 1.807) is 0 Å². The third-order valence-electron chi connectivity index (χ3n) is 6.67. The minimum atomic E-state index is 0.879. The van der Waals surface area contributed by atoms with Crippen molar-refractivity contribution in [3.05, 3.63) is 85.0 Å². The van der Waals surface area contributed by atoms with Crippen LogP contribution in [0.3, 0.4) is 0 Å². The van der Waals surface area contributed by atoms with Crippen LogP contribution in [0.1, 0.15) is 24.0 Å². The van der Waals surface area contributed by atoms with Crippen LogP contribution in [0.4, 0.5) is 5.82 Å². The van der Waals surface area contributed by atoms with Crippen LogP contribution < -0.4 is 5.32 Å². The molecule has 0 spiro atoms. The van der Waals surface area contributed by atoms with Gasteiger partial charge in [-0.2, -0.15) is 0 Å². The highest BCUT2D eigenvalue weighted by Crippen LogP contribution is 2.25. The van der Waals surface area contributed by atoms with E-state index in [9.17, 15) is 0 Å². The Morgan fingerprint density at radius 1 is 1.00 bits per heavy atom. The molecule has 2 aromatic carbocycles. The molecule has 0 atom stereocenters. The van der Waals surface area contributed by atoms with Crippen LogP contribution >= 0.6 is 0 Å². The fourth-order valence-corrected chi connectivity index (χ4v) is 4.46. The van der Waals surface area contributed by atoms with E-state index in [1.165, 1.54) is 48.9 Å². The summed E-state index contributed by atoms with van der Waals surface area (Å²) in [7, 11) is 6.09. The number of hydrogen-bond donors (Lipinski definition) is 1. The molecule has 0 saturated carbocycles. The van der Waals surface area contributed by atoms with E-state index in [0.717, 1.165) is 28.4 Å². The number of anilines is 1. The summed E-state index contributed by atoms with van der Waals surface area (Å²) in [6.45, 7) is 6.30. The summed E-state index contributed by atoms with van der Waals surface area (Å²) in [6.07, 6.45) is 11.4.